The molecule has 2 rings (SSSR count). The lowest BCUT2D eigenvalue weighted by molar-refractivity contribution is 0.630. The van der Waals surface area contributed by atoms with Crippen LogP contribution in [-0.2, 0) is 13.0 Å². The fourth-order valence-corrected chi connectivity index (χ4v) is 2.08. The minimum absolute atomic E-state index is 0.948. The SMILES string of the molecule is Bn1nc(Br)c2c1CCNC2. The standard InChI is InChI=1S/C6H9BBrN3/c7-11-5-1-2-9-3-4(5)6(8)10-11/h9H,1-3,7H2. The highest BCUT2D eigenvalue weighted by molar-refractivity contribution is 9.10. The number of hydrogen-bond acceptors (Lipinski definition) is 2. The third-order valence-corrected chi connectivity index (χ3v) is 2.70. The number of hydrogen-bond donors (Lipinski definition) is 1. The quantitative estimate of drug-likeness (QED) is 0.600. The van der Waals surface area contributed by atoms with Crippen LogP contribution in [0.25, 0.3) is 0 Å². The highest BCUT2D eigenvalue weighted by atomic mass is 79.9. The second kappa shape index (κ2) is 2.64. The van der Waals surface area contributed by atoms with E-state index >= 15 is 0 Å². The monoisotopic (exact) mass is 213 g/mol. The number of fused-ring (bicyclic) bond motifs is 1. The van der Waals surface area contributed by atoms with Gasteiger partial charge in [-0.25, -0.2) is 0 Å². The molecule has 2 heterocycles. The Hall–Kier alpha value is -0.285. The maximum Gasteiger partial charge on any atom is 0.249 e. The van der Waals surface area contributed by atoms with E-state index in [9.17, 15) is 0 Å². The molecule has 0 bridgehead atoms. The molecule has 0 saturated carbocycles. The number of nitrogens with zero attached hydrogens (tertiary/aromatic N) is 2. The molecule has 0 aromatic carbocycles. The van der Waals surface area contributed by atoms with Crippen molar-refractivity contribution in [3.8, 4) is 0 Å². The van der Waals surface area contributed by atoms with Crippen molar-refractivity contribution in [2.24, 2.45) is 0 Å². The number of aromatic nitrogens is 2. The van der Waals surface area contributed by atoms with Crippen LogP contribution in [0.1, 0.15) is 11.3 Å². The Balaban J connectivity index is 2.52. The fraction of sp³-hybridized carbons (Fsp3) is 0.500. The lowest BCUT2D eigenvalue weighted by Crippen LogP contribution is -2.24. The van der Waals surface area contributed by atoms with Gasteiger partial charge in [0.15, 0.2) is 0 Å². The van der Waals surface area contributed by atoms with Crippen LogP contribution < -0.4 is 5.32 Å². The van der Waals surface area contributed by atoms with E-state index in [1.807, 2.05) is 12.6 Å². The van der Waals surface area contributed by atoms with Gasteiger partial charge in [0.2, 0.25) is 7.98 Å². The van der Waals surface area contributed by atoms with Crippen molar-refractivity contribution in [1.82, 2.24) is 15.0 Å². The van der Waals surface area contributed by atoms with Crippen molar-refractivity contribution >= 4 is 23.9 Å². The van der Waals surface area contributed by atoms with Crippen LogP contribution in [0.15, 0.2) is 4.60 Å². The zero-order valence-electron chi connectivity index (χ0n) is 6.39. The number of nitrogens with one attached hydrogen (secondary N) is 1. The molecule has 0 saturated heterocycles. The summed E-state index contributed by atoms with van der Waals surface area (Å²) in [7, 11) is 1.99. The van der Waals surface area contributed by atoms with Crippen LogP contribution in [0.4, 0.5) is 0 Å². The second-order valence-electron chi connectivity index (χ2n) is 2.77. The maximum atomic E-state index is 4.29. The smallest absolute Gasteiger partial charge is 0.249 e. The van der Waals surface area contributed by atoms with Gasteiger partial charge in [-0.1, -0.05) is 0 Å². The number of halogens is 1. The minimum Gasteiger partial charge on any atom is -0.322 e. The van der Waals surface area contributed by atoms with Crippen LogP contribution in [0.3, 0.4) is 0 Å². The Morgan fingerprint density at radius 3 is 3.18 bits per heavy atom. The molecule has 0 fully saturated rings. The lowest BCUT2D eigenvalue weighted by Gasteiger charge is -2.13. The van der Waals surface area contributed by atoms with E-state index in [1.165, 1.54) is 11.3 Å². The predicted octanol–water partition coefficient (Wildman–Crippen LogP) is -0.313. The van der Waals surface area contributed by atoms with Gasteiger partial charge in [0, 0.05) is 30.8 Å². The van der Waals surface area contributed by atoms with E-state index < -0.39 is 0 Å². The molecule has 1 aliphatic heterocycles. The lowest BCUT2D eigenvalue weighted by atomic mass is 10.1. The van der Waals surface area contributed by atoms with Crippen molar-refractivity contribution < 1.29 is 0 Å². The first-order valence-corrected chi connectivity index (χ1v) is 4.49. The molecule has 0 amide bonds. The van der Waals surface area contributed by atoms with E-state index in [4.69, 9.17) is 0 Å². The molecule has 0 radical (unpaired) electrons. The molecule has 1 aliphatic rings. The van der Waals surface area contributed by atoms with Gasteiger partial charge in [0.25, 0.3) is 0 Å². The summed E-state index contributed by atoms with van der Waals surface area (Å²) in [6.07, 6.45) is 1.09. The van der Waals surface area contributed by atoms with Crippen LogP contribution in [0.5, 0.6) is 0 Å². The van der Waals surface area contributed by atoms with E-state index in [0.717, 1.165) is 24.1 Å². The summed E-state index contributed by atoms with van der Waals surface area (Å²) >= 11 is 3.43. The van der Waals surface area contributed by atoms with Crippen LogP contribution in [0, 0.1) is 0 Å². The Morgan fingerprint density at radius 2 is 2.45 bits per heavy atom. The molecule has 0 spiro atoms. The molecule has 0 unspecified atom stereocenters. The second-order valence-corrected chi connectivity index (χ2v) is 3.52. The van der Waals surface area contributed by atoms with Crippen LogP contribution in [-0.4, -0.2) is 24.2 Å². The first kappa shape index (κ1) is 7.37. The summed E-state index contributed by atoms with van der Waals surface area (Å²) in [6.45, 7) is 2.02. The van der Waals surface area contributed by atoms with Crippen molar-refractivity contribution in [3.63, 3.8) is 0 Å². The average Bonchev–Trinajstić information content (AvgIpc) is 2.30. The van der Waals surface area contributed by atoms with Crippen molar-refractivity contribution in [1.29, 1.82) is 0 Å². The third-order valence-electron chi connectivity index (χ3n) is 2.07. The van der Waals surface area contributed by atoms with Gasteiger partial charge < -0.3 is 9.91 Å². The molecular weight excluding hydrogens is 205 g/mol. The van der Waals surface area contributed by atoms with Gasteiger partial charge in [-0.15, -0.1) is 0 Å². The average molecular weight is 214 g/mol. The summed E-state index contributed by atoms with van der Waals surface area (Å²) in [4.78, 5) is 0. The molecule has 1 N–H and O–H groups in total. The summed E-state index contributed by atoms with van der Waals surface area (Å²) in [5.41, 5.74) is 2.68. The van der Waals surface area contributed by atoms with Gasteiger partial charge in [0.05, 0.1) is 0 Å². The van der Waals surface area contributed by atoms with Crippen molar-refractivity contribution in [2.75, 3.05) is 6.54 Å². The molecule has 58 valence electrons. The maximum absolute atomic E-state index is 4.29. The van der Waals surface area contributed by atoms with E-state index in [0.29, 0.717) is 0 Å². The summed E-state index contributed by atoms with van der Waals surface area (Å²) < 4.78 is 2.95. The van der Waals surface area contributed by atoms with Gasteiger partial charge in [-0.2, -0.15) is 5.10 Å². The van der Waals surface area contributed by atoms with Gasteiger partial charge in [-0.05, 0) is 15.9 Å². The van der Waals surface area contributed by atoms with E-state index in [-0.39, 0.29) is 0 Å². The number of rotatable bonds is 0. The molecule has 1 aromatic heterocycles. The molecule has 1 aromatic rings. The highest BCUT2D eigenvalue weighted by Gasteiger charge is 2.16. The summed E-state index contributed by atoms with van der Waals surface area (Å²) in [6, 6.07) is 0. The first-order valence-electron chi connectivity index (χ1n) is 3.70. The Labute approximate surface area is 74.7 Å². The molecule has 5 heteroatoms. The molecule has 0 aliphatic carbocycles. The van der Waals surface area contributed by atoms with Crippen LogP contribution in [0.2, 0.25) is 0 Å². The van der Waals surface area contributed by atoms with Gasteiger partial charge in [-0.3, -0.25) is 0 Å². The Morgan fingerprint density at radius 1 is 1.64 bits per heavy atom. The highest BCUT2D eigenvalue weighted by Crippen LogP contribution is 2.21. The zero-order valence-corrected chi connectivity index (χ0v) is 7.98. The minimum atomic E-state index is 0.948. The Bertz CT molecular complexity index is 257. The molecule has 3 nitrogen and oxygen atoms in total. The third kappa shape index (κ3) is 1.12. The van der Waals surface area contributed by atoms with Crippen molar-refractivity contribution in [2.45, 2.75) is 13.0 Å². The van der Waals surface area contributed by atoms with Crippen molar-refractivity contribution in [3.05, 3.63) is 15.9 Å². The van der Waals surface area contributed by atoms with Gasteiger partial charge >= 0.3 is 0 Å². The first-order chi connectivity index (χ1) is 5.29. The summed E-state index contributed by atoms with van der Waals surface area (Å²) in [5, 5.41) is 7.60. The summed E-state index contributed by atoms with van der Waals surface area (Å²) in [5.74, 6) is 0. The van der Waals surface area contributed by atoms with Crippen LogP contribution >= 0.6 is 15.9 Å². The van der Waals surface area contributed by atoms with Gasteiger partial charge in [0.1, 0.15) is 4.60 Å². The predicted molar refractivity (Wildman–Crippen MR) is 49.3 cm³/mol. The molecule has 11 heavy (non-hydrogen) atoms. The normalized spacial score (nSPS) is 16.5. The molecule has 0 atom stereocenters. The Kier molecular flexibility index (Phi) is 1.77. The van der Waals surface area contributed by atoms with E-state index in [1.54, 1.807) is 0 Å². The molecular formula is C6H9BBrN3. The largest absolute Gasteiger partial charge is 0.322 e. The fourth-order valence-electron chi connectivity index (χ4n) is 1.47. The topological polar surface area (TPSA) is 29.9 Å². The zero-order chi connectivity index (χ0) is 7.84. The van der Waals surface area contributed by atoms with E-state index in [2.05, 4.69) is 26.3 Å².